The van der Waals surface area contributed by atoms with Crippen LogP contribution in [0.2, 0.25) is 0 Å². The third kappa shape index (κ3) is 3.66. The maximum Gasteiger partial charge on any atom is 0.151 e. The summed E-state index contributed by atoms with van der Waals surface area (Å²) in [5.74, 6) is -1.29. The molecule has 0 saturated carbocycles. The van der Waals surface area contributed by atoms with E-state index in [4.69, 9.17) is 0 Å². The molecule has 0 saturated heterocycles. The molecule has 0 aliphatic rings. The first-order chi connectivity index (χ1) is 11.6. The van der Waals surface area contributed by atoms with Crippen molar-refractivity contribution in [3.05, 3.63) is 90.0 Å². The van der Waals surface area contributed by atoms with Crippen molar-refractivity contribution in [1.29, 1.82) is 0 Å². The van der Waals surface area contributed by atoms with Gasteiger partial charge in [-0.2, -0.15) is 5.10 Å². The molecule has 0 aliphatic heterocycles. The number of hydrazone groups is 1. The van der Waals surface area contributed by atoms with Gasteiger partial charge in [0.2, 0.25) is 0 Å². The van der Waals surface area contributed by atoms with Crippen LogP contribution in [-0.2, 0) is 0 Å². The van der Waals surface area contributed by atoms with Gasteiger partial charge in [-0.05, 0) is 35.7 Å². The molecule has 0 spiro atoms. The van der Waals surface area contributed by atoms with Gasteiger partial charge in [-0.25, -0.2) is 8.78 Å². The summed E-state index contributed by atoms with van der Waals surface area (Å²) in [6, 6.07) is 21.4. The Morgan fingerprint density at radius 3 is 2.17 bits per heavy atom. The maximum atomic E-state index is 13.6. The summed E-state index contributed by atoms with van der Waals surface area (Å²) in [6.07, 6.45) is 0. The zero-order valence-corrected chi connectivity index (χ0v) is 13.1. The fourth-order valence-electron chi connectivity index (χ4n) is 2.32. The van der Waals surface area contributed by atoms with Gasteiger partial charge < -0.3 is 0 Å². The quantitative estimate of drug-likeness (QED) is 0.500. The summed E-state index contributed by atoms with van der Waals surface area (Å²) in [7, 11) is 0. The highest BCUT2D eigenvalue weighted by molar-refractivity contribution is 5.99. The van der Waals surface area contributed by atoms with Crippen LogP contribution in [0.4, 0.5) is 14.5 Å². The van der Waals surface area contributed by atoms with Gasteiger partial charge in [0.05, 0.1) is 11.4 Å². The molecule has 120 valence electrons. The Morgan fingerprint density at radius 1 is 0.833 bits per heavy atom. The number of halogens is 2. The van der Waals surface area contributed by atoms with E-state index in [1.807, 2.05) is 49.4 Å². The number of hydrogen-bond donors (Lipinski definition) is 1. The Kier molecular flexibility index (Phi) is 4.66. The van der Waals surface area contributed by atoms with Crippen LogP contribution in [0.1, 0.15) is 12.5 Å². The van der Waals surface area contributed by atoms with Crippen LogP contribution in [0.3, 0.4) is 0 Å². The van der Waals surface area contributed by atoms with Crippen molar-refractivity contribution >= 4 is 11.4 Å². The van der Waals surface area contributed by atoms with Crippen molar-refractivity contribution in [1.82, 2.24) is 0 Å². The molecule has 0 unspecified atom stereocenters. The van der Waals surface area contributed by atoms with Gasteiger partial charge in [0, 0.05) is 6.07 Å². The predicted octanol–water partition coefficient (Wildman–Crippen LogP) is 5.47. The molecule has 3 aromatic rings. The average Bonchev–Trinajstić information content (AvgIpc) is 2.62. The lowest BCUT2D eigenvalue weighted by molar-refractivity contribution is 0.585. The first-order valence-electron chi connectivity index (χ1n) is 7.55. The van der Waals surface area contributed by atoms with Crippen molar-refractivity contribution < 1.29 is 8.78 Å². The minimum Gasteiger partial charge on any atom is -0.275 e. The number of hydrogen-bond acceptors (Lipinski definition) is 2. The summed E-state index contributed by atoms with van der Waals surface area (Å²) in [4.78, 5) is 0. The smallest absolute Gasteiger partial charge is 0.151 e. The van der Waals surface area contributed by atoms with E-state index in [2.05, 4.69) is 22.7 Å². The molecule has 0 radical (unpaired) electrons. The van der Waals surface area contributed by atoms with Crippen LogP contribution < -0.4 is 5.43 Å². The zero-order valence-electron chi connectivity index (χ0n) is 13.1. The highest BCUT2D eigenvalue weighted by Crippen LogP contribution is 2.20. The second-order valence-electron chi connectivity index (χ2n) is 5.38. The van der Waals surface area contributed by atoms with Crippen LogP contribution >= 0.6 is 0 Å². The molecular formula is C20H16F2N2. The van der Waals surface area contributed by atoms with E-state index in [0.29, 0.717) is 5.71 Å². The SMILES string of the molecule is C/C(=N/Nc1ccc(F)cc1F)c1ccc(-c2ccccc2)cc1. The normalized spacial score (nSPS) is 11.4. The van der Waals surface area contributed by atoms with E-state index in [9.17, 15) is 8.78 Å². The van der Waals surface area contributed by atoms with Crippen molar-refractivity contribution in [2.75, 3.05) is 5.43 Å². The number of nitrogens with one attached hydrogen (secondary N) is 1. The lowest BCUT2D eigenvalue weighted by Gasteiger charge is -2.06. The fourth-order valence-corrected chi connectivity index (χ4v) is 2.32. The largest absolute Gasteiger partial charge is 0.275 e. The lowest BCUT2D eigenvalue weighted by atomic mass is 10.0. The number of benzene rings is 3. The summed E-state index contributed by atoms with van der Waals surface area (Å²) in [5.41, 5.74) is 6.65. The van der Waals surface area contributed by atoms with Gasteiger partial charge >= 0.3 is 0 Å². The monoisotopic (exact) mass is 322 g/mol. The van der Waals surface area contributed by atoms with Crippen LogP contribution in [0, 0.1) is 11.6 Å². The minimum atomic E-state index is -0.675. The number of nitrogens with zero attached hydrogens (tertiary/aromatic N) is 1. The van der Waals surface area contributed by atoms with Crippen molar-refractivity contribution in [3.8, 4) is 11.1 Å². The Morgan fingerprint density at radius 2 is 1.50 bits per heavy atom. The lowest BCUT2D eigenvalue weighted by Crippen LogP contribution is -2.01. The van der Waals surface area contributed by atoms with Crippen molar-refractivity contribution in [3.63, 3.8) is 0 Å². The topological polar surface area (TPSA) is 24.4 Å². The summed E-state index contributed by atoms with van der Waals surface area (Å²) < 4.78 is 26.5. The van der Waals surface area contributed by atoms with Crippen molar-refractivity contribution in [2.24, 2.45) is 5.10 Å². The predicted molar refractivity (Wildman–Crippen MR) is 94.1 cm³/mol. The first-order valence-corrected chi connectivity index (χ1v) is 7.55. The highest BCUT2D eigenvalue weighted by atomic mass is 19.1. The fraction of sp³-hybridized carbons (Fsp3) is 0.0500. The molecule has 1 N–H and O–H groups in total. The molecule has 4 heteroatoms. The van der Waals surface area contributed by atoms with Gasteiger partial charge in [-0.15, -0.1) is 0 Å². The first kappa shape index (κ1) is 15.9. The summed E-state index contributed by atoms with van der Waals surface area (Å²) >= 11 is 0. The molecule has 24 heavy (non-hydrogen) atoms. The summed E-state index contributed by atoms with van der Waals surface area (Å²) in [5, 5.41) is 4.16. The minimum absolute atomic E-state index is 0.136. The third-order valence-electron chi connectivity index (χ3n) is 3.68. The van der Waals surface area contributed by atoms with Gasteiger partial charge in [-0.3, -0.25) is 5.43 Å². The van der Waals surface area contributed by atoms with Gasteiger partial charge in [0.1, 0.15) is 5.82 Å². The number of anilines is 1. The van der Waals surface area contributed by atoms with Crippen LogP contribution in [0.25, 0.3) is 11.1 Å². The Hall–Kier alpha value is -3.01. The molecule has 3 aromatic carbocycles. The van der Waals surface area contributed by atoms with Crippen LogP contribution in [-0.4, -0.2) is 5.71 Å². The maximum absolute atomic E-state index is 13.6. The van der Waals surface area contributed by atoms with Gasteiger partial charge in [-0.1, -0.05) is 54.6 Å². The molecular weight excluding hydrogens is 306 g/mol. The van der Waals surface area contributed by atoms with Crippen LogP contribution in [0.15, 0.2) is 77.9 Å². The van der Waals surface area contributed by atoms with E-state index < -0.39 is 11.6 Å². The molecule has 0 heterocycles. The van der Waals surface area contributed by atoms with E-state index in [1.165, 1.54) is 12.1 Å². The Bertz CT molecular complexity index is 857. The second-order valence-corrected chi connectivity index (χ2v) is 5.38. The Labute approximate surface area is 139 Å². The second kappa shape index (κ2) is 7.04. The molecule has 0 aliphatic carbocycles. The average molecular weight is 322 g/mol. The van der Waals surface area contributed by atoms with Crippen LogP contribution in [0.5, 0.6) is 0 Å². The highest BCUT2D eigenvalue weighted by Gasteiger charge is 2.04. The van der Waals surface area contributed by atoms with Gasteiger partial charge in [0.15, 0.2) is 5.82 Å². The van der Waals surface area contributed by atoms with E-state index >= 15 is 0 Å². The zero-order chi connectivity index (χ0) is 16.9. The molecule has 0 bridgehead atoms. The van der Waals surface area contributed by atoms with E-state index in [0.717, 1.165) is 22.8 Å². The third-order valence-corrected chi connectivity index (χ3v) is 3.68. The molecule has 0 fully saturated rings. The standard InChI is InChI=1S/C20H16F2N2/c1-14(23-24-20-12-11-18(21)13-19(20)22)15-7-9-17(10-8-15)16-5-3-2-4-6-16/h2-13,24H,1H3/b23-14-. The number of rotatable bonds is 4. The molecule has 0 amide bonds. The molecule has 0 atom stereocenters. The molecule has 2 nitrogen and oxygen atoms in total. The van der Waals surface area contributed by atoms with Crippen molar-refractivity contribution in [2.45, 2.75) is 6.92 Å². The molecule has 3 rings (SSSR count). The molecule has 0 aromatic heterocycles. The van der Waals surface area contributed by atoms with E-state index in [-0.39, 0.29) is 5.69 Å². The Balaban J connectivity index is 1.76. The van der Waals surface area contributed by atoms with Gasteiger partial charge in [0.25, 0.3) is 0 Å². The van der Waals surface area contributed by atoms with E-state index in [1.54, 1.807) is 0 Å². The summed E-state index contributed by atoms with van der Waals surface area (Å²) in [6.45, 7) is 1.83.